The first-order valence-corrected chi connectivity index (χ1v) is 12.8. The van der Waals surface area contributed by atoms with Crippen LogP contribution in [0.4, 0.5) is 5.69 Å². The van der Waals surface area contributed by atoms with Crippen molar-refractivity contribution in [1.82, 2.24) is 38.7 Å². The van der Waals surface area contributed by atoms with Gasteiger partial charge in [-0.1, -0.05) is 17.7 Å². The third kappa shape index (κ3) is 4.22. The van der Waals surface area contributed by atoms with Gasteiger partial charge < -0.3 is 5.32 Å². The number of benzene rings is 1. The molecule has 1 atom stereocenters. The van der Waals surface area contributed by atoms with E-state index in [9.17, 15) is 4.79 Å². The predicted molar refractivity (Wildman–Crippen MR) is 152 cm³/mol. The van der Waals surface area contributed by atoms with Crippen molar-refractivity contribution >= 4 is 33.8 Å². The Morgan fingerprint density at radius 2 is 1.79 bits per heavy atom. The Morgan fingerprint density at radius 3 is 2.54 bits per heavy atom. The highest BCUT2D eigenvalue weighted by Gasteiger charge is 2.22. The average Bonchev–Trinajstić information content (AvgIpc) is 3.54. The number of anilines is 1. The van der Waals surface area contributed by atoms with Crippen molar-refractivity contribution in [3.63, 3.8) is 0 Å². The molecule has 0 aliphatic heterocycles. The lowest BCUT2D eigenvalue weighted by Crippen LogP contribution is -2.21. The van der Waals surface area contributed by atoms with Crippen molar-refractivity contribution < 1.29 is 0 Å². The highest BCUT2D eigenvalue weighted by Crippen LogP contribution is 2.33. The van der Waals surface area contributed by atoms with Gasteiger partial charge in [-0.3, -0.25) is 23.4 Å². The molecule has 5 aromatic heterocycles. The van der Waals surface area contributed by atoms with Crippen LogP contribution < -0.4 is 10.9 Å². The van der Waals surface area contributed by atoms with Crippen LogP contribution in [0, 0.1) is 13.8 Å². The first-order chi connectivity index (χ1) is 18.7. The molecule has 1 unspecified atom stereocenters. The first-order valence-electron chi connectivity index (χ1n) is 12.4. The molecule has 0 saturated carbocycles. The summed E-state index contributed by atoms with van der Waals surface area (Å²) in [6.45, 7) is 5.97. The van der Waals surface area contributed by atoms with Crippen LogP contribution in [0.5, 0.6) is 0 Å². The molecule has 0 spiro atoms. The van der Waals surface area contributed by atoms with Crippen molar-refractivity contribution in [2.75, 3.05) is 5.32 Å². The van der Waals surface area contributed by atoms with Crippen LogP contribution >= 0.6 is 11.6 Å². The summed E-state index contributed by atoms with van der Waals surface area (Å²) >= 11 is 6.23. The van der Waals surface area contributed by atoms with E-state index in [1.807, 2.05) is 49.4 Å². The molecule has 0 amide bonds. The highest BCUT2D eigenvalue weighted by atomic mass is 35.5. The van der Waals surface area contributed by atoms with Gasteiger partial charge >= 0.3 is 0 Å². The van der Waals surface area contributed by atoms with Crippen LogP contribution in [0.1, 0.15) is 29.8 Å². The van der Waals surface area contributed by atoms with Gasteiger partial charge in [0.05, 0.1) is 22.6 Å². The summed E-state index contributed by atoms with van der Waals surface area (Å²) in [5, 5.41) is 8.94. The number of imidazole rings is 1. The lowest BCUT2D eigenvalue weighted by atomic mass is 10.0. The number of hydrogen-bond donors (Lipinski definition) is 1. The number of aromatic nitrogens is 8. The number of nitrogens with one attached hydrogen (secondary N) is 1. The van der Waals surface area contributed by atoms with E-state index in [2.05, 4.69) is 31.4 Å². The topological polar surface area (TPSA) is 108 Å². The SMILES string of the molecule is Cc1cc(C(C)Nc2ccc(Cl)nc2-c2ncn(C)n2)c2c(c1)c(=O)n(C)c1c(-c3ccnc(C)c3)ncn21. The van der Waals surface area contributed by atoms with Crippen LogP contribution in [0.15, 0.2) is 60.0 Å². The van der Waals surface area contributed by atoms with E-state index in [4.69, 9.17) is 16.6 Å². The lowest BCUT2D eigenvalue weighted by molar-refractivity contribution is 0.767. The summed E-state index contributed by atoms with van der Waals surface area (Å²) < 4.78 is 5.28. The minimum absolute atomic E-state index is 0.0892. The minimum Gasteiger partial charge on any atom is -0.377 e. The lowest BCUT2D eigenvalue weighted by Gasteiger charge is -2.21. The third-order valence-electron chi connectivity index (χ3n) is 6.80. The molecule has 10 nitrogen and oxygen atoms in total. The van der Waals surface area contributed by atoms with Gasteiger partial charge in [-0.25, -0.2) is 15.0 Å². The largest absolute Gasteiger partial charge is 0.377 e. The predicted octanol–water partition coefficient (Wildman–Crippen LogP) is 4.88. The maximum atomic E-state index is 13.7. The fourth-order valence-corrected chi connectivity index (χ4v) is 5.20. The van der Waals surface area contributed by atoms with Crippen molar-refractivity contribution in [3.8, 4) is 22.8 Å². The monoisotopic (exact) mass is 539 g/mol. The molecule has 39 heavy (non-hydrogen) atoms. The van der Waals surface area contributed by atoms with Crippen LogP contribution in [-0.2, 0) is 14.1 Å². The minimum atomic E-state index is -0.220. The summed E-state index contributed by atoms with van der Waals surface area (Å²) in [5.74, 6) is 0.465. The Balaban J connectivity index is 1.55. The van der Waals surface area contributed by atoms with Crippen LogP contribution in [0.2, 0.25) is 5.15 Å². The molecule has 0 aliphatic carbocycles. The van der Waals surface area contributed by atoms with E-state index in [0.29, 0.717) is 27.7 Å². The molecule has 6 aromatic rings. The third-order valence-corrected chi connectivity index (χ3v) is 7.01. The van der Waals surface area contributed by atoms with Crippen molar-refractivity contribution in [1.29, 1.82) is 0 Å². The molecule has 1 aromatic carbocycles. The van der Waals surface area contributed by atoms with Crippen LogP contribution in [0.3, 0.4) is 0 Å². The fraction of sp³-hybridized carbons (Fsp3) is 0.214. The normalized spacial score (nSPS) is 12.4. The zero-order valence-electron chi connectivity index (χ0n) is 22.1. The number of pyridine rings is 2. The second kappa shape index (κ2) is 9.32. The number of fused-ring (bicyclic) bond motifs is 3. The van der Waals surface area contributed by atoms with Crippen LogP contribution in [-0.4, -0.2) is 38.7 Å². The number of hydrogen-bond acceptors (Lipinski definition) is 7. The van der Waals surface area contributed by atoms with Gasteiger partial charge in [-0.15, -0.1) is 5.10 Å². The molecule has 0 radical (unpaired) electrons. The second-order valence-corrected chi connectivity index (χ2v) is 10.1. The van der Waals surface area contributed by atoms with E-state index < -0.39 is 0 Å². The molecule has 11 heteroatoms. The van der Waals surface area contributed by atoms with Gasteiger partial charge in [0.2, 0.25) is 5.82 Å². The standard InChI is InChI=1S/C28H26ClN9O/c1-15-10-19(17(3)33-21-6-7-22(29)34-24(21)26-32-13-36(4)35-26)25-20(11-15)28(39)37(5)27-23(31-14-38(25)27)18-8-9-30-16(2)12-18/h6-14,17,33H,1-5H3. The highest BCUT2D eigenvalue weighted by molar-refractivity contribution is 6.29. The van der Waals surface area contributed by atoms with Gasteiger partial charge in [0.25, 0.3) is 5.56 Å². The van der Waals surface area contributed by atoms with Crippen LogP contribution in [0.25, 0.3) is 39.3 Å². The Labute approximate surface area is 229 Å². The Kier molecular flexibility index (Phi) is 5.91. The Bertz CT molecular complexity index is 1950. The number of rotatable bonds is 5. The van der Waals surface area contributed by atoms with Crippen molar-refractivity contribution in [2.45, 2.75) is 26.8 Å². The average molecular weight is 540 g/mol. The summed E-state index contributed by atoms with van der Waals surface area (Å²) in [4.78, 5) is 31.6. The van der Waals surface area contributed by atoms with Gasteiger partial charge in [0, 0.05) is 31.5 Å². The molecule has 6 rings (SSSR count). The molecule has 0 saturated heterocycles. The quantitative estimate of drug-likeness (QED) is 0.311. The second-order valence-electron chi connectivity index (χ2n) is 9.73. The van der Waals surface area contributed by atoms with E-state index in [-0.39, 0.29) is 11.6 Å². The van der Waals surface area contributed by atoms with Gasteiger partial charge in [0.1, 0.15) is 34.8 Å². The summed E-state index contributed by atoms with van der Waals surface area (Å²) in [6.07, 6.45) is 5.15. The zero-order chi connectivity index (χ0) is 27.4. The molecule has 0 bridgehead atoms. The van der Waals surface area contributed by atoms with Crippen molar-refractivity contribution in [3.05, 3.63) is 87.6 Å². The molecule has 1 N–H and O–H groups in total. The maximum Gasteiger partial charge on any atom is 0.261 e. The fourth-order valence-electron chi connectivity index (χ4n) is 5.05. The molecule has 0 fully saturated rings. The van der Waals surface area contributed by atoms with Gasteiger partial charge in [-0.2, -0.15) is 0 Å². The maximum absolute atomic E-state index is 13.7. The van der Waals surface area contributed by atoms with Gasteiger partial charge in [-0.05, 0) is 62.2 Å². The van der Waals surface area contributed by atoms with Gasteiger partial charge in [0.15, 0.2) is 0 Å². The van der Waals surface area contributed by atoms with E-state index in [1.165, 1.54) is 0 Å². The molecular formula is C28H26ClN9O. The number of halogens is 1. The summed E-state index contributed by atoms with van der Waals surface area (Å²) in [7, 11) is 3.58. The Hall–Kier alpha value is -4.57. The first kappa shape index (κ1) is 24.7. The molecule has 196 valence electrons. The zero-order valence-corrected chi connectivity index (χ0v) is 22.9. The van der Waals surface area contributed by atoms with E-state index in [1.54, 1.807) is 48.3 Å². The van der Waals surface area contributed by atoms with E-state index in [0.717, 1.165) is 39.3 Å². The Morgan fingerprint density at radius 1 is 0.974 bits per heavy atom. The van der Waals surface area contributed by atoms with E-state index >= 15 is 0 Å². The molecule has 5 heterocycles. The summed E-state index contributed by atoms with van der Waals surface area (Å²) in [5.41, 5.74) is 7.11. The molecular weight excluding hydrogens is 514 g/mol. The van der Waals surface area contributed by atoms with Crippen molar-refractivity contribution in [2.24, 2.45) is 14.1 Å². The summed E-state index contributed by atoms with van der Waals surface area (Å²) in [6, 6.07) is 11.3. The number of nitrogens with zero attached hydrogens (tertiary/aromatic N) is 8. The smallest absolute Gasteiger partial charge is 0.261 e. The number of aryl methyl sites for hydroxylation is 4. The molecule has 0 aliphatic rings.